The lowest BCUT2D eigenvalue weighted by atomic mass is 9.70. The van der Waals surface area contributed by atoms with Crippen LogP contribution in [0.5, 0.6) is 0 Å². The smallest absolute Gasteiger partial charge is 0.249 e. The Morgan fingerprint density at radius 1 is 0.921 bits per heavy atom. The number of hydrogen-bond acceptors (Lipinski definition) is 14. The Kier molecular flexibility index (Phi) is 14.5. The molecular weight excluding hydrogens is 855 g/mol. The van der Waals surface area contributed by atoms with E-state index in [4.69, 9.17) is 4.74 Å². The summed E-state index contributed by atoms with van der Waals surface area (Å²) in [5, 5.41) is 15.2. The van der Waals surface area contributed by atoms with Crippen molar-refractivity contribution in [1.29, 1.82) is 0 Å². The predicted octanol–water partition coefficient (Wildman–Crippen LogP) is -1.01. The van der Waals surface area contributed by atoms with Crippen LogP contribution in [0.4, 0.5) is 0 Å². The molecule has 0 bridgehead atoms. The second-order valence-corrected chi connectivity index (χ2v) is 22.5. The SMILES string of the molecule is CN(CC(=O)N1CC(COC2CCCC3C(=O)N(C4CCC(=O)NC4=O)C(=O)C23)C1)C1CC(C2CCCC(C3CSC(NC(=O)CNC(=O)C4CCN(S(C)(=O)=O)C4)N3)C2)CCN1. The summed E-state index contributed by atoms with van der Waals surface area (Å²) >= 11 is 1.68. The summed E-state index contributed by atoms with van der Waals surface area (Å²) in [6.07, 6.45) is 10.2. The summed E-state index contributed by atoms with van der Waals surface area (Å²) < 4.78 is 31.2. The van der Waals surface area contributed by atoms with Gasteiger partial charge in [0.25, 0.3) is 0 Å². The molecule has 8 aliphatic rings. The Morgan fingerprint density at radius 3 is 2.44 bits per heavy atom. The standard InChI is InChI=1S/C42H65N9O10S2/c1-48(21-36(54)49-18-24(19-49)22-61-32-8-4-7-29-37(32)41(58)51(40(29)57)31-9-10-34(52)46-39(31)56)33-16-26(11-13-43-33)25-5-3-6-27(15-25)30-23-62-42(45-30)47-35(53)17-44-38(55)28-12-14-50(20-28)63(2,59)60/h24-33,37,42-43,45H,3-23H2,1-2H3,(H,44,55)(H,47,53)(H,46,52,56). The second kappa shape index (κ2) is 19.7. The van der Waals surface area contributed by atoms with Crippen LogP contribution in [0.2, 0.25) is 0 Å². The number of nitrogens with zero attached hydrogens (tertiary/aromatic N) is 4. The minimum atomic E-state index is -3.35. The number of likely N-dealkylation sites (tertiary alicyclic amines) is 2. The first-order chi connectivity index (χ1) is 30.1. The molecule has 0 aromatic carbocycles. The van der Waals surface area contributed by atoms with Crippen LogP contribution >= 0.6 is 11.8 Å². The first-order valence-corrected chi connectivity index (χ1v) is 26.0. The number of nitrogens with one attached hydrogen (secondary N) is 5. The van der Waals surface area contributed by atoms with E-state index >= 15 is 0 Å². The predicted molar refractivity (Wildman–Crippen MR) is 230 cm³/mol. The number of imide groups is 2. The lowest BCUT2D eigenvalue weighted by Gasteiger charge is -2.44. The molecule has 7 amide bonds. The Bertz CT molecular complexity index is 1900. The Morgan fingerprint density at radius 2 is 1.68 bits per heavy atom. The molecule has 0 radical (unpaired) electrons. The maximum Gasteiger partial charge on any atom is 0.249 e. The minimum Gasteiger partial charge on any atom is -0.377 e. The maximum atomic E-state index is 13.6. The molecule has 5 N–H and O–H groups in total. The molecule has 6 aliphatic heterocycles. The van der Waals surface area contributed by atoms with Crippen LogP contribution in [0.1, 0.15) is 77.0 Å². The van der Waals surface area contributed by atoms with Crippen molar-refractivity contribution >= 4 is 63.1 Å². The zero-order valence-electron chi connectivity index (χ0n) is 36.5. The van der Waals surface area contributed by atoms with E-state index in [-0.39, 0.29) is 79.1 Å². The average molecular weight is 920 g/mol. The first kappa shape index (κ1) is 46.3. The third-order valence-corrected chi connectivity index (χ3v) is 17.5. The lowest BCUT2D eigenvalue weighted by Crippen LogP contribution is -2.57. The first-order valence-electron chi connectivity index (χ1n) is 23.1. The number of carbonyl (C=O) groups is 7. The van der Waals surface area contributed by atoms with Gasteiger partial charge in [-0.2, -0.15) is 0 Å². The third-order valence-electron chi connectivity index (χ3n) is 15.1. The number of fused-ring (bicyclic) bond motifs is 1. The highest BCUT2D eigenvalue weighted by Crippen LogP contribution is 2.43. The summed E-state index contributed by atoms with van der Waals surface area (Å²) in [7, 11) is -1.33. The maximum absolute atomic E-state index is 13.6. The summed E-state index contributed by atoms with van der Waals surface area (Å²) in [4.78, 5) is 94.9. The Balaban J connectivity index is 0.727. The van der Waals surface area contributed by atoms with Crippen LogP contribution in [0, 0.1) is 41.4 Å². The van der Waals surface area contributed by atoms with Gasteiger partial charge in [0.15, 0.2) is 0 Å². The molecule has 0 spiro atoms. The van der Waals surface area contributed by atoms with Crippen LogP contribution in [0.15, 0.2) is 0 Å². The zero-order chi connectivity index (χ0) is 44.6. The van der Waals surface area contributed by atoms with Crippen LogP contribution in [-0.2, 0) is 48.3 Å². The number of thioether (sulfide) groups is 1. The normalized spacial score (nSPS) is 35.7. The molecule has 63 heavy (non-hydrogen) atoms. The molecule has 19 nitrogen and oxygen atoms in total. The van der Waals surface area contributed by atoms with Crippen molar-refractivity contribution in [3.63, 3.8) is 0 Å². The number of rotatable bonds is 14. The molecule has 2 aliphatic carbocycles. The van der Waals surface area contributed by atoms with Crippen molar-refractivity contribution in [2.45, 2.75) is 107 Å². The van der Waals surface area contributed by atoms with Gasteiger partial charge in [-0.3, -0.25) is 54.0 Å². The van der Waals surface area contributed by atoms with Gasteiger partial charge < -0.3 is 25.6 Å². The summed E-state index contributed by atoms with van der Waals surface area (Å²) in [5.74, 6) is -1.12. The number of carbonyl (C=O) groups excluding carboxylic acids is 7. The molecule has 8 fully saturated rings. The van der Waals surface area contributed by atoms with Gasteiger partial charge in [0.2, 0.25) is 51.4 Å². The van der Waals surface area contributed by atoms with E-state index in [9.17, 15) is 42.0 Å². The molecule has 6 saturated heterocycles. The van der Waals surface area contributed by atoms with Crippen LogP contribution < -0.4 is 26.6 Å². The highest BCUT2D eigenvalue weighted by molar-refractivity contribution is 8.00. The molecule has 6 heterocycles. The van der Waals surface area contributed by atoms with E-state index in [1.807, 2.05) is 11.9 Å². The molecule has 8 rings (SSSR count). The number of piperidine rings is 2. The van der Waals surface area contributed by atoms with Crippen molar-refractivity contribution < 1.29 is 46.7 Å². The van der Waals surface area contributed by atoms with Gasteiger partial charge in [0.1, 0.15) is 11.5 Å². The number of ether oxygens (including phenoxy) is 1. The van der Waals surface area contributed by atoms with E-state index in [1.165, 1.54) is 17.1 Å². The van der Waals surface area contributed by atoms with Gasteiger partial charge in [-0.1, -0.05) is 19.3 Å². The summed E-state index contributed by atoms with van der Waals surface area (Å²) in [5.41, 5.74) is -0.232. The fourth-order valence-corrected chi connectivity index (χ4v) is 13.7. The van der Waals surface area contributed by atoms with E-state index < -0.39 is 51.7 Å². The third kappa shape index (κ3) is 10.6. The highest BCUT2D eigenvalue weighted by Gasteiger charge is 2.56. The van der Waals surface area contributed by atoms with Crippen LogP contribution in [-0.4, -0.2) is 170 Å². The molecular formula is C42H65N9O10S2. The molecule has 0 aromatic rings. The molecule has 11 atom stereocenters. The highest BCUT2D eigenvalue weighted by atomic mass is 32.2. The molecule has 11 unspecified atom stereocenters. The monoisotopic (exact) mass is 919 g/mol. The van der Waals surface area contributed by atoms with Crippen molar-refractivity contribution in [1.82, 2.24) is 45.6 Å². The Labute approximate surface area is 374 Å². The molecule has 350 valence electrons. The zero-order valence-corrected chi connectivity index (χ0v) is 38.1. The summed E-state index contributed by atoms with van der Waals surface area (Å²) in [6, 6.07) is -0.671. The van der Waals surface area contributed by atoms with Gasteiger partial charge in [-0.25, -0.2) is 12.7 Å². The van der Waals surface area contributed by atoms with Gasteiger partial charge in [0, 0.05) is 50.3 Å². The van der Waals surface area contributed by atoms with Crippen molar-refractivity contribution in [3.05, 3.63) is 0 Å². The van der Waals surface area contributed by atoms with Gasteiger partial charge in [0.05, 0.1) is 56.0 Å². The van der Waals surface area contributed by atoms with E-state index in [1.54, 1.807) is 11.8 Å². The fourth-order valence-electron chi connectivity index (χ4n) is 11.5. The Hall–Kier alpha value is -3.21. The largest absolute Gasteiger partial charge is 0.377 e. The van der Waals surface area contributed by atoms with Crippen LogP contribution in [0.25, 0.3) is 0 Å². The topological polar surface area (TPSA) is 236 Å². The number of amides is 7. The number of likely N-dealkylation sites (N-methyl/N-ethyl adjacent to an activating group) is 1. The fraction of sp³-hybridized carbons (Fsp3) is 0.833. The van der Waals surface area contributed by atoms with Crippen molar-refractivity contribution in [2.24, 2.45) is 41.4 Å². The number of sulfonamides is 1. The van der Waals surface area contributed by atoms with Crippen molar-refractivity contribution in [2.75, 3.05) is 71.5 Å². The van der Waals surface area contributed by atoms with E-state index in [2.05, 4.69) is 31.5 Å². The molecule has 0 aromatic heterocycles. The second-order valence-electron chi connectivity index (χ2n) is 19.3. The van der Waals surface area contributed by atoms with Gasteiger partial charge >= 0.3 is 0 Å². The van der Waals surface area contributed by atoms with Crippen LogP contribution in [0.3, 0.4) is 0 Å². The van der Waals surface area contributed by atoms with Gasteiger partial charge in [-0.05, 0) is 82.7 Å². The minimum absolute atomic E-state index is 0.0770. The average Bonchev–Trinajstić information content (AvgIpc) is 3.99. The molecule has 2 saturated carbocycles. The summed E-state index contributed by atoms with van der Waals surface area (Å²) in [6.45, 7) is 3.06. The number of hydrogen-bond donors (Lipinski definition) is 5. The van der Waals surface area contributed by atoms with E-state index in [0.29, 0.717) is 69.8 Å². The quantitative estimate of drug-likeness (QED) is 0.131. The van der Waals surface area contributed by atoms with Crippen molar-refractivity contribution in [3.8, 4) is 0 Å². The van der Waals surface area contributed by atoms with Gasteiger partial charge in [-0.15, -0.1) is 11.8 Å². The lowest BCUT2D eigenvalue weighted by molar-refractivity contribution is -0.152. The molecule has 21 heteroatoms. The van der Waals surface area contributed by atoms with E-state index in [0.717, 1.165) is 55.6 Å².